The van der Waals surface area contributed by atoms with Gasteiger partial charge in [0.25, 0.3) is 0 Å². The van der Waals surface area contributed by atoms with Crippen molar-refractivity contribution in [3.63, 3.8) is 0 Å². The fraction of sp³-hybridized carbons (Fsp3) is 0.464. The number of carbonyl (C=O) groups is 2. The summed E-state index contributed by atoms with van der Waals surface area (Å²) in [6, 6.07) is 11.3. The molecule has 2 heterocycles. The molecule has 1 saturated heterocycles. The van der Waals surface area contributed by atoms with Crippen molar-refractivity contribution < 1.29 is 14.3 Å². The lowest BCUT2D eigenvalue weighted by atomic mass is 10.0. The predicted molar refractivity (Wildman–Crippen MR) is 146 cm³/mol. The first-order chi connectivity index (χ1) is 18.0. The SMILES string of the molecule is [C-]#[N+]c1c(N2CCN(C(=O)OC(C)(C)C)C(C)C2)nc(SC(C(N)=O)c2ccccc2)c(C#N)c1C1CC1. The first-order valence-electron chi connectivity index (χ1n) is 12.6. The largest absolute Gasteiger partial charge is 0.444 e. The van der Waals surface area contributed by atoms with Crippen molar-refractivity contribution in [3.8, 4) is 6.07 Å². The quantitative estimate of drug-likeness (QED) is 0.404. The Kier molecular flexibility index (Phi) is 7.84. The lowest BCUT2D eigenvalue weighted by Gasteiger charge is -2.41. The molecule has 38 heavy (non-hydrogen) atoms. The molecule has 0 bridgehead atoms. The van der Waals surface area contributed by atoms with E-state index in [1.807, 2.05) is 62.9 Å². The van der Waals surface area contributed by atoms with E-state index in [1.54, 1.807) is 4.90 Å². The van der Waals surface area contributed by atoms with Gasteiger partial charge in [-0.1, -0.05) is 42.1 Å². The molecule has 9 nitrogen and oxygen atoms in total. The van der Waals surface area contributed by atoms with Gasteiger partial charge in [0.05, 0.1) is 12.1 Å². The second-order valence-corrected chi connectivity index (χ2v) is 11.7. The van der Waals surface area contributed by atoms with Crippen molar-refractivity contribution >= 4 is 35.3 Å². The zero-order valence-electron chi connectivity index (χ0n) is 22.1. The second-order valence-electron chi connectivity index (χ2n) is 10.7. The van der Waals surface area contributed by atoms with Crippen LogP contribution in [0.2, 0.25) is 0 Å². The second kappa shape index (κ2) is 10.9. The maximum absolute atomic E-state index is 12.7. The molecule has 4 rings (SSSR count). The molecule has 2 unspecified atom stereocenters. The average Bonchev–Trinajstić information content (AvgIpc) is 3.70. The molecule has 0 radical (unpaired) electrons. The van der Waals surface area contributed by atoms with Crippen LogP contribution in [0.25, 0.3) is 4.85 Å². The van der Waals surface area contributed by atoms with Gasteiger partial charge < -0.3 is 20.3 Å². The minimum Gasteiger partial charge on any atom is -0.444 e. The van der Waals surface area contributed by atoms with Crippen LogP contribution >= 0.6 is 11.8 Å². The third-order valence-electron chi connectivity index (χ3n) is 6.51. The van der Waals surface area contributed by atoms with E-state index >= 15 is 0 Å². The number of rotatable bonds is 6. The maximum atomic E-state index is 12.7. The molecule has 198 valence electrons. The number of nitrogens with two attached hydrogens (primary N) is 1. The van der Waals surface area contributed by atoms with Gasteiger partial charge >= 0.3 is 6.09 Å². The standard InChI is InChI=1S/C28H32N6O3S/c1-17-16-33(13-14-34(17)27(36)37-28(2,3)4)25-22(31-5)21(18-11-12-18)20(15-29)26(32-25)38-23(24(30)35)19-9-7-6-8-10-19/h6-10,17-18,23H,11-14,16H2,1-4H3,(H2,30,35). The molecule has 2 fully saturated rings. The first kappa shape index (κ1) is 27.3. The fourth-order valence-electron chi connectivity index (χ4n) is 4.62. The number of primary amides is 1. The third-order valence-corrected chi connectivity index (χ3v) is 7.77. The number of thioether (sulfide) groups is 1. The van der Waals surface area contributed by atoms with E-state index in [0.717, 1.165) is 30.2 Å². The lowest BCUT2D eigenvalue weighted by molar-refractivity contribution is -0.117. The molecule has 2 aliphatic rings. The van der Waals surface area contributed by atoms with Crippen LogP contribution in [-0.4, -0.2) is 53.2 Å². The van der Waals surface area contributed by atoms with E-state index in [1.165, 1.54) is 0 Å². The van der Waals surface area contributed by atoms with Gasteiger partial charge in [0.2, 0.25) is 11.6 Å². The molecule has 10 heteroatoms. The van der Waals surface area contributed by atoms with Crippen LogP contribution in [0.5, 0.6) is 0 Å². The summed E-state index contributed by atoms with van der Waals surface area (Å²) in [6.45, 7) is 16.7. The Bertz CT molecular complexity index is 1310. The molecular formula is C28H32N6O3S. The van der Waals surface area contributed by atoms with Gasteiger partial charge in [-0.15, -0.1) is 0 Å². The lowest BCUT2D eigenvalue weighted by Crippen LogP contribution is -2.55. The molecule has 1 aliphatic carbocycles. The Morgan fingerprint density at radius 3 is 2.47 bits per heavy atom. The molecule has 2 amide bonds. The van der Waals surface area contributed by atoms with Gasteiger partial charge in [-0.05, 0) is 57.6 Å². The number of hydrogen-bond acceptors (Lipinski definition) is 7. The van der Waals surface area contributed by atoms with Gasteiger partial charge in [-0.2, -0.15) is 5.26 Å². The smallest absolute Gasteiger partial charge is 0.410 e. The van der Waals surface area contributed by atoms with E-state index in [4.69, 9.17) is 22.0 Å². The number of pyridine rings is 1. The summed E-state index contributed by atoms with van der Waals surface area (Å²) in [5.74, 6) is 0.0599. The highest BCUT2D eigenvalue weighted by molar-refractivity contribution is 8.00. The van der Waals surface area contributed by atoms with Crippen LogP contribution in [0.3, 0.4) is 0 Å². The van der Waals surface area contributed by atoms with Gasteiger partial charge in [0, 0.05) is 25.7 Å². The molecule has 1 aliphatic heterocycles. The molecule has 1 saturated carbocycles. The highest BCUT2D eigenvalue weighted by atomic mass is 32.2. The Morgan fingerprint density at radius 2 is 1.95 bits per heavy atom. The number of hydrogen-bond donors (Lipinski definition) is 1. The van der Waals surface area contributed by atoms with Crippen molar-refractivity contribution in [2.75, 3.05) is 24.5 Å². The monoisotopic (exact) mass is 532 g/mol. The summed E-state index contributed by atoms with van der Waals surface area (Å²) in [5.41, 5.74) is 7.33. The van der Waals surface area contributed by atoms with Gasteiger partial charge in [-0.25, -0.2) is 14.6 Å². The van der Waals surface area contributed by atoms with Crippen molar-refractivity contribution in [2.24, 2.45) is 5.73 Å². The van der Waals surface area contributed by atoms with Gasteiger partial charge in [0.15, 0.2) is 0 Å². The van der Waals surface area contributed by atoms with E-state index in [-0.39, 0.29) is 18.1 Å². The minimum atomic E-state index is -0.738. The Labute approximate surface area is 227 Å². The highest BCUT2D eigenvalue weighted by Crippen LogP contribution is 2.51. The number of carbonyl (C=O) groups excluding carboxylic acids is 2. The minimum absolute atomic E-state index is 0.110. The van der Waals surface area contributed by atoms with Crippen molar-refractivity contribution in [1.29, 1.82) is 5.26 Å². The number of nitriles is 1. The summed E-state index contributed by atoms with van der Waals surface area (Å²) >= 11 is 1.15. The topological polar surface area (TPSA) is 117 Å². The van der Waals surface area contributed by atoms with E-state index in [0.29, 0.717) is 47.3 Å². The maximum Gasteiger partial charge on any atom is 0.410 e. The zero-order valence-corrected chi connectivity index (χ0v) is 22.9. The number of anilines is 1. The van der Waals surface area contributed by atoms with Gasteiger partial charge in [-0.3, -0.25) is 4.79 Å². The summed E-state index contributed by atoms with van der Waals surface area (Å²) in [6.07, 6.45) is 1.42. The summed E-state index contributed by atoms with van der Waals surface area (Å²) in [4.78, 5) is 37.6. The summed E-state index contributed by atoms with van der Waals surface area (Å²) in [7, 11) is 0. The number of nitrogens with zero attached hydrogens (tertiary/aromatic N) is 5. The van der Waals surface area contributed by atoms with Crippen molar-refractivity contribution in [3.05, 3.63) is 58.4 Å². The number of ether oxygens (including phenoxy) is 1. The average molecular weight is 533 g/mol. The molecule has 2 aromatic rings. The Morgan fingerprint density at radius 1 is 1.26 bits per heavy atom. The van der Waals surface area contributed by atoms with Crippen molar-refractivity contribution in [1.82, 2.24) is 9.88 Å². The highest BCUT2D eigenvalue weighted by Gasteiger charge is 2.37. The van der Waals surface area contributed by atoms with Gasteiger partial charge in [0.1, 0.15) is 27.8 Å². The summed E-state index contributed by atoms with van der Waals surface area (Å²) in [5, 5.41) is 9.81. The molecule has 1 aromatic carbocycles. The number of aromatic nitrogens is 1. The molecule has 1 aromatic heterocycles. The van der Waals surface area contributed by atoms with Crippen LogP contribution in [0.15, 0.2) is 35.4 Å². The normalized spacial score (nSPS) is 18.3. The molecular weight excluding hydrogens is 500 g/mol. The Hall–Kier alpha value is -3.76. The van der Waals surface area contributed by atoms with Crippen molar-refractivity contribution in [2.45, 2.75) is 68.4 Å². The number of benzene rings is 1. The molecule has 0 spiro atoms. The first-order valence-corrected chi connectivity index (χ1v) is 13.5. The zero-order chi connectivity index (χ0) is 27.6. The van der Waals surface area contributed by atoms with Crippen LogP contribution in [0, 0.1) is 17.9 Å². The third kappa shape index (κ3) is 5.87. The van der Waals surface area contributed by atoms with E-state index in [2.05, 4.69) is 10.9 Å². The molecule has 2 atom stereocenters. The fourth-order valence-corrected chi connectivity index (χ4v) is 5.67. The number of piperazine rings is 1. The van der Waals surface area contributed by atoms with Crippen LogP contribution < -0.4 is 10.6 Å². The Balaban J connectivity index is 1.72. The summed E-state index contributed by atoms with van der Waals surface area (Å²) < 4.78 is 5.57. The van der Waals surface area contributed by atoms with Crippen LogP contribution in [0.4, 0.5) is 16.3 Å². The van der Waals surface area contributed by atoms with Crippen LogP contribution in [0.1, 0.15) is 68.4 Å². The molecule has 2 N–H and O–H groups in total. The predicted octanol–water partition coefficient (Wildman–Crippen LogP) is 5.15. The van der Waals surface area contributed by atoms with E-state index in [9.17, 15) is 14.9 Å². The van der Waals surface area contributed by atoms with E-state index < -0.39 is 16.8 Å². The van der Waals surface area contributed by atoms with Crippen LogP contribution in [-0.2, 0) is 9.53 Å². The number of amides is 2.